The van der Waals surface area contributed by atoms with E-state index in [1.807, 2.05) is 0 Å². The van der Waals surface area contributed by atoms with Crippen LogP contribution >= 0.6 is 0 Å². The largest absolute Gasteiger partial charge is 0.444 e. The molecule has 1 aromatic rings. The zero-order valence-electron chi connectivity index (χ0n) is 12.9. The number of carbonyl (C=O) groups is 1. The molecule has 1 rings (SSSR count). The number of carbonyl (C=O) groups excluding carboxylic acids is 1. The van der Waals surface area contributed by atoms with Crippen molar-refractivity contribution in [3.8, 4) is 0 Å². The molecule has 0 aliphatic heterocycles. The molecular formula is C14H19FN2O6. The number of non-ortho nitro benzene ring substituents is 1. The molecule has 1 amide bonds. The lowest BCUT2D eigenvalue weighted by molar-refractivity contribution is -0.385. The maximum Gasteiger partial charge on any atom is 0.407 e. The fourth-order valence-corrected chi connectivity index (χ4v) is 1.71. The van der Waals surface area contributed by atoms with Crippen LogP contribution in [0.3, 0.4) is 0 Å². The Hall–Kier alpha value is -2.26. The maximum atomic E-state index is 13.3. The number of aliphatic hydroxyl groups excluding tert-OH is 2. The molecule has 0 aromatic heterocycles. The standard InChI is InChI=1S/C14H19FN2O6/c1-14(2,3)23-13(20)16-7-11(18)12(19)8-4-9(15)6-10(5-8)17(21)22/h4-6,11-12,18-19H,7H2,1-3H3,(H,16,20). The second kappa shape index (κ2) is 7.34. The smallest absolute Gasteiger partial charge is 0.407 e. The van der Waals surface area contributed by atoms with E-state index in [9.17, 15) is 29.5 Å². The van der Waals surface area contributed by atoms with E-state index >= 15 is 0 Å². The first-order valence-corrected chi connectivity index (χ1v) is 6.77. The van der Waals surface area contributed by atoms with Gasteiger partial charge in [0, 0.05) is 12.6 Å². The zero-order chi connectivity index (χ0) is 17.8. The van der Waals surface area contributed by atoms with E-state index in [1.165, 1.54) is 0 Å². The first-order chi connectivity index (χ1) is 10.5. The van der Waals surface area contributed by atoms with E-state index in [-0.39, 0.29) is 12.1 Å². The van der Waals surface area contributed by atoms with Gasteiger partial charge in [-0.1, -0.05) is 0 Å². The first-order valence-electron chi connectivity index (χ1n) is 6.77. The third kappa shape index (κ3) is 6.17. The summed E-state index contributed by atoms with van der Waals surface area (Å²) in [5, 5.41) is 32.7. The summed E-state index contributed by atoms with van der Waals surface area (Å²) in [4.78, 5) is 21.3. The Morgan fingerprint density at radius 1 is 1.39 bits per heavy atom. The van der Waals surface area contributed by atoms with Crippen molar-refractivity contribution in [3.63, 3.8) is 0 Å². The highest BCUT2D eigenvalue weighted by Gasteiger charge is 2.23. The topological polar surface area (TPSA) is 122 Å². The molecule has 0 spiro atoms. The van der Waals surface area contributed by atoms with E-state index in [0.717, 1.165) is 12.1 Å². The summed E-state index contributed by atoms with van der Waals surface area (Å²) in [6.07, 6.45) is -3.91. The van der Waals surface area contributed by atoms with Gasteiger partial charge in [0.05, 0.1) is 11.0 Å². The number of rotatable bonds is 5. The molecule has 8 nitrogen and oxygen atoms in total. The van der Waals surface area contributed by atoms with Crippen LogP contribution in [0.15, 0.2) is 18.2 Å². The Labute approximate surface area is 132 Å². The Bertz CT molecular complexity index is 587. The van der Waals surface area contributed by atoms with E-state index in [2.05, 4.69) is 5.32 Å². The SMILES string of the molecule is CC(C)(C)OC(=O)NCC(O)C(O)c1cc(F)cc([N+](=O)[O-])c1. The minimum Gasteiger partial charge on any atom is -0.444 e. The zero-order valence-corrected chi connectivity index (χ0v) is 12.9. The van der Waals surface area contributed by atoms with Crippen molar-refractivity contribution in [1.29, 1.82) is 0 Å². The first kappa shape index (κ1) is 18.8. The van der Waals surface area contributed by atoms with Gasteiger partial charge >= 0.3 is 6.09 Å². The number of ether oxygens (including phenoxy) is 1. The summed E-state index contributed by atoms with van der Waals surface area (Å²) in [6, 6.07) is 2.51. The van der Waals surface area contributed by atoms with Gasteiger partial charge in [0.25, 0.3) is 5.69 Å². The molecule has 9 heteroatoms. The third-order valence-corrected chi connectivity index (χ3v) is 2.68. The molecule has 0 fully saturated rings. The molecule has 0 saturated carbocycles. The Morgan fingerprint density at radius 2 is 2.00 bits per heavy atom. The van der Waals surface area contributed by atoms with Crippen LogP contribution in [0.5, 0.6) is 0 Å². The molecule has 0 bridgehead atoms. The van der Waals surface area contributed by atoms with E-state index in [4.69, 9.17) is 4.74 Å². The fraction of sp³-hybridized carbons (Fsp3) is 0.500. The van der Waals surface area contributed by atoms with Crippen molar-refractivity contribution >= 4 is 11.8 Å². The van der Waals surface area contributed by atoms with Gasteiger partial charge in [0.15, 0.2) is 0 Å². The predicted molar refractivity (Wildman–Crippen MR) is 78.3 cm³/mol. The van der Waals surface area contributed by atoms with E-state index in [0.29, 0.717) is 6.07 Å². The average Bonchev–Trinajstić information content (AvgIpc) is 2.41. The number of benzene rings is 1. The average molecular weight is 330 g/mol. The lowest BCUT2D eigenvalue weighted by Gasteiger charge is -2.22. The molecule has 0 aliphatic rings. The van der Waals surface area contributed by atoms with Crippen LogP contribution in [0, 0.1) is 15.9 Å². The van der Waals surface area contributed by atoms with Crippen LogP contribution in [0.25, 0.3) is 0 Å². The summed E-state index contributed by atoms with van der Waals surface area (Å²) in [6.45, 7) is 4.59. The molecule has 0 saturated heterocycles. The van der Waals surface area contributed by atoms with Gasteiger partial charge in [-0.15, -0.1) is 0 Å². The molecule has 2 unspecified atom stereocenters. The highest BCUT2D eigenvalue weighted by Crippen LogP contribution is 2.23. The number of nitro groups is 1. The third-order valence-electron chi connectivity index (χ3n) is 2.68. The van der Waals surface area contributed by atoms with Crippen LogP contribution in [0.1, 0.15) is 32.4 Å². The quantitative estimate of drug-likeness (QED) is 0.557. The summed E-state index contributed by atoms with van der Waals surface area (Å²) in [5.41, 5.74) is -1.45. The van der Waals surface area contributed by atoms with Gasteiger partial charge < -0.3 is 20.3 Å². The number of alkyl carbamates (subject to hydrolysis) is 1. The Morgan fingerprint density at radius 3 is 2.52 bits per heavy atom. The number of hydrogen-bond donors (Lipinski definition) is 3. The van der Waals surface area contributed by atoms with Gasteiger partial charge in [-0.2, -0.15) is 0 Å². The number of nitrogens with one attached hydrogen (secondary N) is 1. The number of halogens is 1. The number of nitro benzene ring substituents is 1. The lowest BCUT2D eigenvalue weighted by Crippen LogP contribution is -2.38. The molecule has 2 atom stereocenters. The molecule has 128 valence electrons. The monoisotopic (exact) mass is 330 g/mol. The van der Waals surface area contributed by atoms with Gasteiger partial charge in [0.1, 0.15) is 23.6 Å². The Kier molecular flexibility index (Phi) is 5.99. The van der Waals surface area contributed by atoms with Crippen molar-refractivity contribution in [3.05, 3.63) is 39.7 Å². The minimum absolute atomic E-state index is 0.171. The summed E-state index contributed by atoms with van der Waals surface area (Å²) in [5.74, 6) is -0.916. The van der Waals surface area contributed by atoms with Crippen molar-refractivity contribution < 1.29 is 29.1 Å². The normalized spacial score (nSPS) is 14.0. The van der Waals surface area contributed by atoms with E-state index < -0.39 is 40.3 Å². The number of amides is 1. The molecule has 0 aliphatic carbocycles. The number of aliphatic hydroxyl groups is 2. The van der Waals surface area contributed by atoms with Crippen molar-refractivity contribution in [2.75, 3.05) is 6.54 Å². The van der Waals surface area contributed by atoms with Crippen LogP contribution in [0.2, 0.25) is 0 Å². The predicted octanol–water partition coefficient (Wildman–Crippen LogP) is 1.65. The minimum atomic E-state index is -1.61. The Balaban J connectivity index is 2.72. The van der Waals surface area contributed by atoms with Crippen molar-refractivity contribution in [2.45, 2.75) is 38.6 Å². The van der Waals surface area contributed by atoms with Crippen molar-refractivity contribution in [1.82, 2.24) is 5.32 Å². The van der Waals surface area contributed by atoms with Gasteiger partial charge in [-0.25, -0.2) is 9.18 Å². The number of hydrogen-bond acceptors (Lipinski definition) is 6. The molecular weight excluding hydrogens is 311 g/mol. The van der Waals surface area contributed by atoms with Crippen molar-refractivity contribution in [2.24, 2.45) is 0 Å². The van der Waals surface area contributed by atoms with Gasteiger partial charge in [-0.3, -0.25) is 10.1 Å². The second-order valence-electron chi connectivity index (χ2n) is 5.89. The summed E-state index contributed by atoms with van der Waals surface area (Å²) in [7, 11) is 0. The van der Waals surface area contributed by atoms with Gasteiger partial charge in [0.2, 0.25) is 0 Å². The lowest BCUT2D eigenvalue weighted by atomic mass is 10.0. The van der Waals surface area contributed by atoms with Crippen LogP contribution in [-0.4, -0.2) is 39.5 Å². The van der Waals surface area contributed by atoms with E-state index in [1.54, 1.807) is 20.8 Å². The molecule has 3 N–H and O–H groups in total. The maximum absolute atomic E-state index is 13.3. The second-order valence-corrected chi connectivity index (χ2v) is 5.89. The molecule has 23 heavy (non-hydrogen) atoms. The summed E-state index contributed by atoms with van der Waals surface area (Å²) >= 11 is 0. The summed E-state index contributed by atoms with van der Waals surface area (Å²) < 4.78 is 18.3. The van der Waals surface area contributed by atoms with Crippen LogP contribution in [-0.2, 0) is 4.74 Å². The molecule has 0 radical (unpaired) electrons. The van der Waals surface area contributed by atoms with Gasteiger partial charge in [-0.05, 0) is 32.4 Å². The highest BCUT2D eigenvalue weighted by atomic mass is 19.1. The molecule has 1 aromatic carbocycles. The van der Waals surface area contributed by atoms with Crippen LogP contribution < -0.4 is 5.32 Å². The highest BCUT2D eigenvalue weighted by molar-refractivity contribution is 5.67. The fourth-order valence-electron chi connectivity index (χ4n) is 1.71. The van der Waals surface area contributed by atoms with Crippen LogP contribution in [0.4, 0.5) is 14.9 Å². The number of nitrogens with zero attached hydrogens (tertiary/aromatic N) is 1. The molecule has 0 heterocycles.